The summed E-state index contributed by atoms with van der Waals surface area (Å²) in [6, 6.07) is 0. The van der Waals surface area contributed by atoms with Crippen LogP contribution in [0.3, 0.4) is 0 Å². The smallest absolute Gasteiger partial charge is 0.154 e. The lowest BCUT2D eigenvalue weighted by Gasteiger charge is -2.29. The minimum Gasteiger partial charge on any atom is -0.355 e. The predicted octanol–water partition coefficient (Wildman–Crippen LogP) is 2.54. The van der Waals surface area contributed by atoms with E-state index in [0.29, 0.717) is 13.0 Å². The third-order valence-electron chi connectivity index (χ3n) is 1.80. The zero-order valence-electron chi connectivity index (χ0n) is 8.63. The molecule has 1 aliphatic carbocycles. The van der Waals surface area contributed by atoms with E-state index >= 15 is 0 Å². The van der Waals surface area contributed by atoms with Gasteiger partial charge >= 0.3 is 0 Å². The maximum absolute atomic E-state index is 7.94. The maximum atomic E-state index is 7.94. The van der Waals surface area contributed by atoms with Gasteiger partial charge in [-0.2, -0.15) is 0 Å². The van der Waals surface area contributed by atoms with Crippen molar-refractivity contribution in [2.75, 3.05) is 6.61 Å². The molecule has 1 N–H and O–H groups in total. The van der Waals surface area contributed by atoms with Crippen LogP contribution in [0.4, 0.5) is 0 Å². The third-order valence-corrected chi connectivity index (χ3v) is 1.80. The molecular weight excluding hydrogens is 162 g/mol. The van der Waals surface area contributed by atoms with Crippen LogP contribution in [0.25, 0.3) is 0 Å². The first-order chi connectivity index (χ1) is 5.91. The van der Waals surface area contributed by atoms with E-state index in [-0.39, 0.29) is 5.41 Å². The predicted molar refractivity (Wildman–Crippen MR) is 54.1 cm³/mol. The van der Waals surface area contributed by atoms with E-state index in [9.17, 15) is 0 Å². The van der Waals surface area contributed by atoms with Crippen LogP contribution in [0, 0.1) is 5.41 Å². The molecule has 0 bridgehead atoms. The first kappa shape index (κ1) is 10.5. The molecule has 0 aromatic rings. The van der Waals surface area contributed by atoms with Crippen LogP contribution in [0.15, 0.2) is 24.3 Å². The fraction of sp³-hybridized carbons (Fsp3) is 0.636. The van der Waals surface area contributed by atoms with Gasteiger partial charge < -0.3 is 4.74 Å². The molecule has 1 aliphatic rings. The first-order valence-corrected chi connectivity index (χ1v) is 4.65. The molecule has 0 heterocycles. The summed E-state index contributed by atoms with van der Waals surface area (Å²) in [4.78, 5) is 0. The van der Waals surface area contributed by atoms with Crippen molar-refractivity contribution in [2.45, 2.75) is 32.9 Å². The van der Waals surface area contributed by atoms with Gasteiger partial charge in [0, 0.05) is 6.42 Å². The summed E-state index contributed by atoms with van der Waals surface area (Å²) in [5.41, 5.74) is 7.24. The molecule has 0 aromatic heterocycles. The Kier molecular flexibility index (Phi) is 2.94. The SMILES string of the molecule is CC(C)(C)COC1([NH])C=CC=CC1. The van der Waals surface area contributed by atoms with Gasteiger partial charge in [0.05, 0.1) is 6.61 Å². The lowest BCUT2D eigenvalue weighted by molar-refractivity contribution is -0.0426. The van der Waals surface area contributed by atoms with Crippen molar-refractivity contribution in [3.05, 3.63) is 24.3 Å². The molecular formula is C11H18NO. The van der Waals surface area contributed by atoms with Gasteiger partial charge in [-0.05, 0) is 11.5 Å². The standard InChI is InChI=1S/C11H18NO/c1-10(2,3)9-13-11(12)7-5-4-6-8-11/h4-7,12H,8-9H2,1-3H3. The fourth-order valence-corrected chi connectivity index (χ4v) is 1.05. The minimum absolute atomic E-state index is 0.128. The van der Waals surface area contributed by atoms with Gasteiger partial charge in [-0.25, -0.2) is 5.73 Å². The number of allylic oxidation sites excluding steroid dienone is 2. The second-order valence-electron chi connectivity index (χ2n) is 4.73. The van der Waals surface area contributed by atoms with Gasteiger partial charge in [0.15, 0.2) is 5.72 Å². The van der Waals surface area contributed by atoms with Crippen molar-refractivity contribution in [3.63, 3.8) is 0 Å². The van der Waals surface area contributed by atoms with E-state index in [1.54, 1.807) is 6.08 Å². The molecule has 2 nitrogen and oxygen atoms in total. The summed E-state index contributed by atoms with van der Waals surface area (Å²) in [7, 11) is 0. The molecule has 2 heteroatoms. The number of rotatable bonds is 2. The van der Waals surface area contributed by atoms with Crippen molar-refractivity contribution < 1.29 is 4.74 Å². The summed E-state index contributed by atoms with van der Waals surface area (Å²) in [6.07, 6.45) is 8.25. The zero-order valence-corrected chi connectivity index (χ0v) is 8.63. The summed E-state index contributed by atoms with van der Waals surface area (Å²) in [5.74, 6) is 0. The minimum atomic E-state index is -0.831. The molecule has 0 aliphatic heterocycles. The molecule has 0 fully saturated rings. The van der Waals surface area contributed by atoms with Crippen molar-refractivity contribution >= 4 is 0 Å². The lowest BCUT2D eigenvalue weighted by atomic mass is 9.97. The van der Waals surface area contributed by atoms with Crippen LogP contribution in [0.5, 0.6) is 0 Å². The van der Waals surface area contributed by atoms with E-state index < -0.39 is 5.72 Å². The Labute approximate surface area is 80.5 Å². The number of nitrogens with one attached hydrogen (secondary N) is 1. The van der Waals surface area contributed by atoms with Gasteiger partial charge in [-0.15, -0.1) is 0 Å². The quantitative estimate of drug-likeness (QED) is 0.642. The Hall–Kier alpha value is -0.600. The van der Waals surface area contributed by atoms with Crippen molar-refractivity contribution in [1.82, 2.24) is 5.73 Å². The number of hydrogen-bond donors (Lipinski definition) is 0. The van der Waals surface area contributed by atoms with E-state index in [4.69, 9.17) is 10.5 Å². The average Bonchev–Trinajstić information content (AvgIpc) is 2.02. The lowest BCUT2D eigenvalue weighted by Crippen LogP contribution is -2.35. The average molecular weight is 180 g/mol. The molecule has 73 valence electrons. The van der Waals surface area contributed by atoms with Gasteiger partial charge in [0.2, 0.25) is 0 Å². The summed E-state index contributed by atoms with van der Waals surface area (Å²) in [5, 5.41) is 0. The molecule has 1 unspecified atom stereocenters. The van der Waals surface area contributed by atoms with Crippen LogP contribution in [0.1, 0.15) is 27.2 Å². The molecule has 1 rings (SSSR count). The van der Waals surface area contributed by atoms with Crippen molar-refractivity contribution in [2.24, 2.45) is 5.41 Å². The van der Waals surface area contributed by atoms with Crippen LogP contribution in [0.2, 0.25) is 0 Å². The summed E-state index contributed by atoms with van der Waals surface area (Å²) >= 11 is 0. The normalized spacial score (nSPS) is 28.0. The molecule has 0 aromatic carbocycles. The molecule has 0 spiro atoms. The van der Waals surface area contributed by atoms with E-state index in [1.165, 1.54) is 0 Å². The molecule has 1 atom stereocenters. The highest BCUT2D eigenvalue weighted by atomic mass is 16.5. The highest BCUT2D eigenvalue weighted by Crippen LogP contribution is 2.22. The molecule has 0 amide bonds. The van der Waals surface area contributed by atoms with Crippen LogP contribution < -0.4 is 5.73 Å². The van der Waals surface area contributed by atoms with E-state index in [0.717, 1.165) is 0 Å². The number of hydrogen-bond acceptors (Lipinski definition) is 1. The highest BCUT2D eigenvalue weighted by molar-refractivity contribution is 5.16. The molecule has 13 heavy (non-hydrogen) atoms. The van der Waals surface area contributed by atoms with Crippen LogP contribution in [-0.2, 0) is 4.74 Å². The van der Waals surface area contributed by atoms with Crippen molar-refractivity contribution in [1.29, 1.82) is 0 Å². The Balaban J connectivity index is 2.44. The third kappa shape index (κ3) is 3.75. The fourth-order valence-electron chi connectivity index (χ4n) is 1.05. The van der Waals surface area contributed by atoms with Gasteiger partial charge in [0.1, 0.15) is 0 Å². The van der Waals surface area contributed by atoms with E-state index in [1.807, 2.05) is 18.2 Å². The summed E-state index contributed by atoms with van der Waals surface area (Å²) < 4.78 is 5.56. The Morgan fingerprint density at radius 2 is 2.08 bits per heavy atom. The molecule has 0 saturated carbocycles. The zero-order chi connectivity index (χ0) is 9.95. The van der Waals surface area contributed by atoms with Crippen LogP contribution >= 0.6 is 0 Å². The summed E-state index contributed by atoms with van der Waals surface area (Å²) in [6.45, 7) is 6.95. The Bertz CT molecular complexity index is 225. The monoisotopic (exact) mass is 180 g/mol. The van der Waals surface area contributed by atoms with Gasteiger partial charge in [0.25, 0.3) is 0 Å². The largest absolute Gasteiger partial charge is 0.355 e. The Morgan fingerprint density at radius 3 is 2.54 bits per heavy atom. The van der Waals surface area contributed by atoms with Gasteiger partial charge in [-0.3, -0.25) is 0 Å². The number of ether oxygens (including phenoxy) is 1. The highest BCUT2D eigenvalue weighted by Gasteiger charge is 2.25. The van der Waals surface area contributed by atoms with Crippen molar-refractivity contribution in [3.8, 4) is 0 Å². The Morgan fingerprint density at radius 1 is 1.38 bits per heavy atom. The molecule has 1 radical (unpaired) electrons. The maximum Gasteiger partial charge on any atom is 0.154 e. The van der Waals surface area contributed by atoms with E-state index in [2.05, 4.69) is 20.8 Å². The first-order valence-electron chi connectivity index (χ1n) is 4.65. The molecule has 0 saturated heterocycles. The van der Waals surface area contributed by atoms with Gasteiger partial charge in [-0.1, -0.05) is 39.0 Å². The second kappa shape index (κ2) is 3.64. The van der Waals surface area contributed by atoms with Crippen LogP contribution in [-0.4, -0.2) is 12.3 Å². The topological polar surface area (TPSA) is 33.0 Å². The second-order valence-corrected chi connectivity index (χ2v) is 4.73.